The van der Waals surface area contributed by atoms with Crippen LogP contribution in [0.1, 0.15) is 36.7 Å². The molecule has 0 bridgehead atoms. The van der Waals surface area contributed by atoms with Crippen LogP contribution in [0.2, 0.25) is 0 Å². The number of hydrogen-bond acceptors (Lipinski definition) is 4. The second-order valence-corrected chi connectivity index (χ2v) is 6.48. The third-order valence-electron chi connectivity index (χ3n) is 2.25. The maximum Gasteiger partial charge on any atom is 0.306 e. The minimum atomic E-state index is -3.63. The van der Waals surface area contributed by atoms with Crippen molar-refractivity contribution in [3.05, 3.63) is 29.3 Å². The molecule has 0 N–H and O–H groups in total. The molecule has 0 amide bonds. The van der Waals surface area contributed by atoms with E-state index in [4.69, 9.17) is 4.18 Å². The van der Waals surface area contributed by atoms with E-state index >= 15 is 0 Å². The number of hydrogen-bond donors (Lipinski definition) is 0. The Labute approximate surface area is 102 Å². The van der Waals surface area contributed by atoms with Crippen molar-refractivity contribution >= 4 is 16.4 Å². The van der Waals surface area contributed by atoms with Gasteiger partial charge in [-0.05, 0) is 23.1 Å². The highest BCUT2D eigenvalue weighted by Gasteiger charge is 2.17. The zero-order chi connectivity index (χ0) is 13.3. The van der Waals surface area contributed by atoms with Gasteiger partial charge in [-0.2, -0.15) is 8.42 Å². The van der Waals surface area contributed by atoms with Gasteiger partial charge in [-0.25, -0.2) is 0 Å². The molecule has 94 valence electrons. The molecule has 0 aliphatic heterocycles. The van der Waals surface area contributed by atoms with Crippen molar-refractivity contribution in [3.63, 3.8) is 0 Å². The van der Waals surface area contributed by atoms with Crippen LogP contribution in [0.15, 0.2) is 18.2 Å². The number of rotatable bonds is 3. The quantitative estimate of drug-likeness (QED) is 0.614. The standard InChI is InChI=1S/C12H16O4S/c1-12(2,3)10-6-5-9(8-13)11(7-10)16-17(4,14)15/h5-8H,1-4H3. The number of aldehydes is 1. The fraction of sp³-hybridized carbons (Fsp3) is 0.417. The van der Waals surface area contributed by atoms with Crippen LogP contribution in [0.4, 0.5) is 0 Å². The van der Waals surface area contributed by atoms with E-state index in [1.54, 1.807) is 18.2 Å². The predicted molar refractivity (Wildman–Crippen MR) is 66.0 cm³/mol. The van der Waals surface area contributed by atoms with Crippen molar-refractivity contribution < 1.29 is 17.4 Å². The summed E-state index contributed by atoms with van der Waals surface area (Å²) in [5, 5.41) is 0. The first-order chi connectivity index (χ1) is 7.63. The Morgan fingerprint density at radius 1 is 1.24 bits per heavy atom. The Bertz CT molecular complexity index is 524. The van der Waals surface area contributed by atoms with Gasteiger partial charge in [-0.1, -0.05) is 26.8 Å². The van der Waals surface area contributed by atoms with Crippen molar-refractivity contribution in [1.82, 2.24) is 0 Å². The Hall–Kier alpha value is -1.36. The first-order valence-electron chi connectivity index (χ1n) is 5.12. The molecule has 5 heteroatoms. The lowest BCUT2D eigenvalue weighted by molar-refractivity contribution is 0.112. The molecule has 0 radical (unpaired) electrons. The molecule has 0 heterocycles. The fourth-order valence-electron chi connectivity index (χ4n) is 1.33. The third kappa shape index (κ3) is 3.85. The third-order valence-corrected chi connectivity index (χ3v) is 2.73. The van der Waals surface area contributed by atoms with Crippen molar-refractivity contribution in [3.8, 4) is 5.75 Å². The largest absolute Gasteiger partial charge is 0.382 e. The van der Waals surface area contributed by atoms with Gasteiger partial charge in [0.05, 0.1) is 11.8 Å². The van der Waals surface area contributed by atoms with E-state index in [-0.39, 0.29) is 16.7 Å². The van der Waals surface area contributed by atoms with Crippen LogP contribution in [0.5, 0.6) is 5.75 Å². The average Bonchev–Trinajstić information content (AvgIpc) is 2.13. The molecule has 4 nitrogen and oxygen atoms in total. The van der Waals surface area contributed by atoms with Crippen LogP contribution in [0, 0.1) is 0 Å². The van der Waals surface area contributed by atoms with Gasteiger partial charge in [-0.15, -0.1) is 0 Å². The summed E-state index contributed by atoms with van der Waals surface area (Å²) < 4.78 is 27.0. The lowest BCUT2D eigenvalue weighted by Gasteiger charge is -2.20. The zero-order valence-corrected chi connectivity index (χ0v) is 11.2. The zero-order valence-electron chi connectivity index (χ0n) is 10.4. The molecule has 0 aliphatic carbocycles. The van der Waals surface area contributed by atoms with Crippen LogP contribution in [-0.4, -0.2) is 21.0 Å². The van der Waals surface area contributed by atoms with Gasteiger partial charge in [0.15, 0.2) is 12.0 Å². The molecule has 0 unspecified atom stereocenters. The Kier molecular flexibility index (Phi) is 3.62. The smallest absolute Gasteiger partial charge is 0.306 e. The summed E-state index contributed by atoms with van der Waals surface area (Å²) in [7, 11) is -3.63. The van der Waals surface area contributed by atoms with Gasteiger partial charge in [0.2, 0.25) is 0 Å². The monoisotopic (exact) mass is 256 g/mol. The molecular formula is C12H16O4S. The van der Waals surface area contributed by atoms with Crippen LogP contribution in [0.25, 0.3) is 0 Å². The van der Waals surface area contributed by atoms with Crippen molar-refractivity contribution in [1.29, 1.82) is 0 Å². The van der Waals surface area contributed by atoms with E-state index in [0.717, 1.165) is 11.8 Å². The lowest BCUT2D eigenvalue weighted by Crippen LogP contribution is -2.13. The maximum absolute atomic E-state index is 11.1. The molecule has 0 atom stereocenters. The van der Waals surface area contributed by atoms with Gasteiger partial charge in [0.1, 0.15) is 0 Å². The lowest BCUT2D eigenvalue weighted by atomic mass is 9.86. The number of carbonyl (C=O) groups is 1. The highest BCUT2D eigenvalue weighted by atomic mass is 32.2. The topological polar surface area (TPSA) is 60.4 Å². The van der Waals surface area contributed by atoms with Gasteiger partial charge < -0.3 is 4.18 Å². The SMILES string of the molecule is CC(C)(C)c1ccc(C=O)c(OS(C)(=O)=O)c1. The van der Waals surface area contributed by atoms with Crippen molar-refractivity contribution in [2.24, 2.45) is 0 Å². The van der Waals surface area contributed by atoms with E-state index < -0.39 is 10.1 Å². The van der Waals surface area contributed by atoms with E-state index in [0.29, 0.717) is 6.29 Å². The van der Waals surface area contributed by atoms with Crippen LogP contribution >= 0.6 is 0 Å². The minimum absolute atomic E-state index is 0.0786. The molecule has 0 saturated heterocycles. The highest BCUT2D eigenvalue weighted by molar-refractivity contribution is 7.86. The summed E-state index contributed by atoms with van der Waals surface area (Å²) >= 11 is 0. The number of carbonyl (C=O) groups excluding carboxylic acids is 1. The summed E-state index contributed by atoms with van der Waals surface area (Å²) in [6, 6.07) is 4.94. The molecule has 0 saturated carbocycles. The van der Waals surface area contributed by atoms with Crippen molar-refractivity contribution in [2.75, 3.05) is 6.26 Å². The minimum Gasteiger partial charge on any atom is -0.382 e. The first-order valence-corrected chi connectivity index (χ1v) is 6.94. The summed E-state index contributed by atoms with van der Waals surface area (Å²) in [6.07, 6.45) is 1.53. The predicted octanol–water partition coefficient (Wildman–Crippen LogP) is 2.13. The van der Waals surface area contributed by atoms with E-state index in [2.05, 4.69) is 0 Å². The summed E-state index contributed by atoms with van der Waals surface area (Å²) in [5.74, 6) is 0.0786. The highest BCUT2D eigenvalue weighted by Crippen LogP contribution is 2.28. The maximum atomic E-state index is 11.1. The van der Waals surface area contributed by atoms with Crippen LogP contribution < -0.4 is 4.18 Å². The van der Waals surface area contributed by atoms with Gasteiger partial charge >= 0.3 is 10.1 Å². The molecule has 0 spiro atoms. The Morgan fingerprint density at radius 3 is 2.24 bits per heavy atom. The number of benzene rings is 1. The van der Waals surface area contributed by atoms with Crippen LogP contribution in [-0.2, 0) is 15.5 Å². The van der Waals surface area contributed by atoms with Crippen LogP contribution in [0.3, 0.4) is 0 Å². The molecule has 1 rings (SSSR count). The molecular weight excluding hydrogens is 240 g/mol. The molecule has 0 fully saturated rings. The Balaban J connectivity index is 3.30. The second-order valence-electron chi connectivity index (χ2n) is 4.91. The average molecular weight is 256 g/mol. The summed E-state index contributed by atoms with van der Waals surface area (Å²) in [5.41, 5.74) is 0.988. The Morgan fingerprint density at radius 2 is 1.82 bits per heavy atom. The van der Waals surface area contributed by atoms with E-state index in [1.165, 1.54) is 0 Å². The molecule has 1 aromatic rings. The molecule has 0 aromatic heterocycles. The summed E-state index contributed by atoms with van der Waals surface area (Å²) in [4.78, 5) is 10.8. The van der Waals surface area contributed by atoms with Gasteiger partial charge in [-0.3, -0.25) is 4.79 Å². The molecule has 1 aromatic carbocycles. The van der Waals surface area contributed by atoms with Gasteiger partial charge in [0, 0.05) is 0 Å². The van der Waals surface area contributed by atoms with E-state index in [9.17, 15) is 13.2 Å². The second kappa shape index (κ2) is 4.49. The molecule has 0 aliphatic rings. The summed E-state index contributed by atoms with van der Waals surface area (Å²) in [6.45, 7) is 5.98. The van der Waals surface area contributed by atoms with Crippen molar-refractivity contribution in [2.45, 2.75) is 26.2 Å². The molecule has 17 heavy (non-hydrogen) atoms. The fourth-order valence-corrected chi connectivity index (χ4v) is 1.80. The van der Waals surface area contributed by atoms with E-state index in [1.807, 2.05) is 20.8 Å². The first kappa shape index (κ1) is 13.7. The normalized spacial score (nSPS) is 12.2. The van der Waals surface area contributed by atoms with Gasteiger partial charge in [0.25, 0.3) is 0 Å².